The van der Waals surface area contributed by atoms with E-state index in [1.807, 2.05) is 0 Å². The molecule has 78 heavy (non-hydrogen) atoms. The van der Waals surface area contributed by atoms with Crippen LogP contribution in [0.5, 0.6) is 0 Å². The van der Waals surface area contributed by atoms with E-state index in [0.717, 1.165) is 7.11 Å². The van der Waals surface area contributed by atoms with Gasteiger partial charge in [0.05, 0.1) is 13.4 Å². The number of hydrogen-bond donors (Lipinski definition) is 0. The third-order valence-corrected chi connectivity index (χ3v) is 1.13. The van der Waals surface area contributed by atoms with Gasteiger partial charge >= 0.3 is 0 Å². The lowest BCUT2D eigenvalue weighted by molar-refractivity contribution is -0.900. The van der Waals surface area contributed by atoms with E-state index in [2.05, 4.69) is 441 Å². The monoisotopic (exact) mass is 1170 g/mol. The summed E-state index contributed by atoms with van der Waals surface area (Å²) in [5.74, 6) is 0. The maximum atomic E-state index is 10.3. The largest absolute Gasteiger partial charge is 0.293 e. The molecule has 0 atom stereocenters. The fraction of sp³-hybridized carbons (Fsp3) is 0.0400. The second-order valence-electron chi connectivity index (χ2n) is 2.50. The lowest BCUT2D eigenvalue weighted by atomic mass is 11.3. The van der Waals surface area contributed by atoms with Crippen molar-refractivity contribution < 1.29 is 134 Å². The summed E-state index contributed by atoms with van der Waals surface area (Å²) in [6, 6.07) is 0. The van der Waals surface area contributed by atoms with Crippen molar-refractivity contribution in [3.8, 4) is 0 Å². The zero-order valence-corrected chi connectivity index (χ0v) is 48.2. The van der Waals surface area contributed by atoms with Gasteiger partial charge in [-0.15, -0.1) is 316 Å². The lowest BCUT2D eigenvalue weighted by Crippen LogP contribution is -2.07. The second-order valence-corrected chi connectivity index (χ2v) is 4.05. The highest BCUT2D eigenvalue weighted by Crippen LogP contribution is 1.95. The minimum Gasteiger partial charge on any atom is -0.207 e. The van der Waals surface area contributed by atoms with E-state index in [1.165, 1.54) is 0 Å². The van der Waals surface area contributed by atoms with Crippen LogP contribution in [0.4, 0.5) is 0 Å². The van der Waals surface area contributed by atoms with E-state index in [-0.39, 0.29) is 0 Å². The molecule has 0 spiro atoms. The molecule has 0 amide bonds. The summed E-state index contributed by atoms with van der Waals surface area (Å²) in [5, 5.41) is 80.6. The summed E-state index contributed by atoms with van der Waals surface area (Å²) >= 11 is 0. The molecule has 0 heterocycles. The molecule has 0 aromatic heterocycles. The SMILES string of the molecule is C=C.C=C.C=C.C=C.C=C.C=C.C=C.C=C.C=C.C=C.C=C.C=C.C=C.C=C.C=C.C=C.C=C.C=C.C=C.C=C.C=C.C=C.C=C.C=C.COOOOOOOOOOOOOOOOOOOOOOOOOS(C)(=O)=O. The molecule has 0 aromatic rings. The first-order chi connectivity index (χ1) is 38.6. The van der Waals surface area contributed by atoms with Gasteiger partial charge in [0.2, 0.25) is 0 Å². The molecule has 0 saturated carbocycles. The summed E-state index contributed by atoms with van der Waals surface area (Å²) < 4.78 is 24.2. The first-order valence-corrected chi connectivity index (χ1v) is 19.1. The molecule has 0 N–H and O–H groups in total. The van der Waals surface area contributed by atoms with E-state index < -0.39 is 10.1 Å². The van der Waals surface area contributed by atoms with E-state index >= 15 is 0 Å². The molecule has 27 nitrogen and oxygen atoms in total. The number of hydrogen-bond acceptors (Lipinski definition) is 27. The molecule has 0 bridgehead atoms. The minimum absolute atomic E-state index is 0.622. The van der Waals surface area contributed by atoms with E-state index in [1.54, 1.807) is 0 Å². The van der Waals surface area contributed by atoms with Crippen molar-refractivity contribution >= 4 is 10.1 Å². The molecular weight excluding hydrogens is 1060 g/mol. The molecule has 0 radical (unpaired) electrons. The van der Waals surface area contributed by atoms with Crippen LogP contribution in [0.1, 0.15) is 0 Å². The molecule has 470 valence electrons. The third kappa shape index (κ3) is 811. The Balaban J connectivity index is -0.0000000212. The van der Waals surface area contributed by atoms with Crippen molar-refractivity contribution in [1.29, 1.82) is 0 Å². The van der Waals surface area contributed by atoms with Crippen LogP contribution < -0.4 is 0 Å². The first-order valence-electron chi connectivity index (χ1n) is 17.3. The predicted octanol–water partition coefficient (Wildman–Crippen LogP) is 17.2. The Hall–Kier alpha value is -7.29. The van der Waals surface area contributed by atoms with Crippen LogP contribution in [0.15, 0.2) is 316 Å². The Morgan fingerprint density at radius 2 is 0.244 bits per heavy atom. The van der Waals surface area contributed by atoms with Crippen LogP contribution in [0, 0.1) is 0 Å². The van der Waals surface area contributed by atoms with E-state index in [0.29, 0.717) is 6.26 Å². The maximum Gasteiger partial charge on any atom is 0.293 e. The molecule has 0 saturated heterocycles. The Labute approximate surface area is 471 Å². The van der Waals surface area contributed by atoms with Gasteiger partial charge in [-0.3, -0.25) is 0 Å². The zero-order valence-electron chi connectivity index (χ0n) is 47.4. The van der Waals surface area contributed by atoms with Crippen molar-refractivity contribution in [3.63, 3.8) is 0 Å². The fourth-order valence-electron chi connectivity index (χ4n) is 0.328. The van der Waals surface area contributed by atoms with Crippen LogP contribution in [-0.2, 0) is 135 Å². The highest BCUT2D eigenvalue weighted by atomic mass is 32.2. The van der Waals surface area contributed by atoms with Crippen molar-refractivity contribution in [3.05, 3.63) is 316 Å². The van der Waals surface area contributed by atoms with Gasteiger partial charge in [-0.25, -0.2) is 4.89 Å². The fourth-order valence-corrected chi connectivity index (χ4v) is 0.451. The van der Waals surface area contributed by atoms with Crippen molar-refractivity contribution in [2.75, 3.05) is 13.4 Å². The first kappa shape index (κ1) is 164. The molecule has 0 aliphatic rings. The summed E-state index contributed by atoms with van der Waals surface area (Å²) in [6.07, 6.45) is 0.622. The predicted molar refractivity (Wildman–Crippen MR) is 318 cm³/mol. The maximum absolute atomic E-state index is 10.3. The van der Waals surface area contributed by atoms with Crippen LogP contribution in [0.2, 0.25) is 0 Å². The molecule has 0 fully saturated rings. The minimum atomic E-state index is -3.97. The average Bonchev–Trinajstić information content (AvgIpc) is 3.59. The second kappa shape index (κ2) is 585. The molecule has 0 aliphatic heterocycles. The Morgan fingerprint density at radius 1 is 0.167 bits per heavy atom. The molecule has 0 unspecified atom stereocenters. The molecule has 28 heteroatoms. The van der Waals surface area contributed by atoms with Gasteiger partial charge in [0.15, 0.2) is 0 Å². The molecular formula is C50H102O27S. The van der Waals surface area contributed by atoms with Gasteiger partial charge < -0.3 is 0 Å². The van der Waals surface area contributed by atoms with Crippen molar-refractivity contribution in [1.82, 2.24) is 0 Å². The van der Waals surface area contributed by atoms with Crippen molar-refractivity contribution in [2.24, 2.45) is 0 Å². The van der Waals surface area contributed by atoms with Crippen LogP contribution in [0.3, 0.4) is 0 Å². The summed E-state index contributed by atoms with van der Waals surface area (Å²) in [4.78, 5) is 3.87. The summed E-state index contributed by atoms with van der Waals surface area (Å²) in [6.45, 7) is 144. The van der Waals surface area contributed by atoms with Gasteiger partial charge in [0.25, 0.3) is 10.1 Å². The molecule has 0 rings (SSSR count). The standard InChI is InChI=1S/C2H6O27S.24C2H4/c1-5-6-7-8-9-10-11-12-13-14-15-16-17-18-19-20-21-22-23-24-25-26-27-28-29-30(2,3)4;24*1-2/h1-2H3;24*1-2H2. The van der Waals surface area contributed by atoms with Gasteiger partial charge in [-0.1, -0.05) is 4.33 Å². The Morgan fingerprint density at radius 3 is 0.321 bits per heavy atom. The third-order valence-electron chi connectivity index (χ3n) is 0.831. The average molecular weight is 1170 g/mol. The van der Waals surface area contributed by atoms with Gasteiger partial charge in [0, 0.05) is 35.3 Å². The van der Waals surface area contributed by atoms with Gasteiger partial charge in [-0.2, -0.15) is 8.42 Å². The highest BCUT2D eigenvalue weighted by molar-refractivity contribution is 7.85. The van der Waals surface area contributed by atoms with Crippen LogP contribution in [0.25, 0.3) is 0 Å². The summed E-state index contributed by atoms with van der Waals surface area (Å²) in [7, 11) is -2.89. The summed E-state index contributed by atoms with van der Waals surface area (Å²) in [5.41, 5.74) is 0. The molecule has 0 aromatic carbocycles. The lowest BCUT2D eigenvalue weighted by Gasteiger charge is -1.99. The highest BCUT2D eigenvalue weighted by Gasteiger charge is 2.05. The quantitative estimate of drug-likeness (QED) is 0.0356. The van der Waals surface area contributed by atoms with Gasteiger partial charge in [0.1, 0.15) is 0 Å². The van der Waals surface area contributed by atoms with Gasteiger partial charge in [-0.05, 0) is 80.6 Å². The van der Waals surface area contributed by atoms with Crippen LogP contribution >= 0.6 is 0 Å². The van der Waals surface area contributed by atoms with E-state index in [9.17, 15) is 8.42 Å². The topological polar surface area (TPSA) is 265 Å². The Kier molecular flexibility index (Phi) is 1230. The Bertz CT molecular complexity index is 712. The zero-order chi connectivity index (χ0) is 70.2. The van der Waals surface area contributed by atoms with E-state index in [4.69, 9.17) is 0 Å². The smallest absolute Gasteiger partial charge is 0.207 e. The van der Waals surface area contributed by atoms with Crippen LogP contribution in [-0.4, -0.2) is 21.8 Å². The molecule has 0 aliphatic carbocycles. The van der Waals surface area contributed by atoms with Crippen molar-refractivity contribution in [2.45, 2.75) is 0 Å². The normalized spacial score (nSPS) is 5.82. The number of rotatable bonds is 25.